The van der Waals surface area contributed by atoms with Gasteiger partial charge in [-0.25, -0.2) is 0 Å². The third-order valence-electron chi connectivity index (χ3n) is 3.84. The van der Waals surface area contributed by atoms with Gasteiger partial charge in [-0.3, -0.25) is 20.8 Å². The van der Waals surface area contributed by atoms with Gasteiger partial charge in [-0.2, -0.15) is 0 Å². The van der Waals surface area contributed by atoms with Crippen molar-refractivity contribution in [2.45, 2.75) is 25.8 Å². The van der Waals surface area contributed by atoms with Crippen LogP contribution in [0, 0.1) is 16.0 Å². The van der Waals surface area contributed by atoms with Gasteiger partial charge in [0.05, 0.1) is 4.92 Å². The lowest BCUT2D eigenvalue weighted by Crippen LogP contribution is -2.36. The van der Waals surface area contributed by atoms with Gasteiger partial charge >= 0.3 is 5.69 Å². The van der Waals surface area contributed by atoms with Gasteiger partial charge in [0.25, 0.3) is 5.91 Å². The van der Waals surface area contributed by atoms with Crippen LogP contribution in [0.4, 0.5) is 11.4 Å². The van der Waals surface area contributed by atoms with E-state index in [-0.39, 0.29) is 28.9 Å². The summed E-state index contributed by atoms with van der Waals surface area (Å²) in [6.45, 7) is 1.96. The normalized spacial score (nSPS) is 15.6. The molecule has 1 fully saturated rings. The molecule has 1 aliphatic rings. The third-order valence-corrected chi connectivity index (χ3v) is 3.84. The van der Waals surface area contributed by atoms with Gasteiger partial charge < -0.3 is 10.3 Å². The first-order valence-corrected chi connectivity index (χ1v) is 6.48. The van der Waals surface area contributed by atoms with Crippen LogP contribution < -0.4 is 11.3 Å². The Kier molecular flexibility index (Phi) is 3.89. The number of carbonyl (C=O) groups excluding carboxylic acids is 1. The highest BCUT2D eigenvalue weighted by molar-refractivity contribution is 6.00. The van der Waals surface area contributed by atoms with Crippen LogP contribution in [-0.2, 0) is 0 Å². The Hall–Kier alpha value is -2.15. The number of nitrogens with two attached hydrogens (primary N) is 1. The fraction of sp³-hybridized carbons (Fsp3) is 0.462. The number of nitrogen functional groups attached to an aromatic ring is 1. The predicted molar refractivity (Wildman–Crippen MR) is 75.2 cm³/mol. The maximum Gasteiger partial charge on any atom is 0.306 e. The molecule has 0 aliphatic heterocycles. The molecular weight excluding hydrogens is 260 g/mol. The Labute approximate surface area is 116 Å². The van der Waals surface area contributed by atoms with Crippen LogP contribution in [0.1, 0.15) is 30.1 Å². The summed E-state index contributed by atoms with van der Waals surface area (Å²) in [6.07, 6.45) is 2.20. The number of nitro benzene ring substituents is 1. The number of nitrogens with zero attached hydrogens (tertiary/aromatic N) is 2. The second kappa shape index (κ2) is 5.46. The molecule has 1 atom stereocenters. The van der Waals surface area contributed by atoms with E-state index < -0.39 is 4.92 Å². The van der Waals surface area contributed by atoms with Crippen molar-refractivity contribution < 1.29 is 9.72 Å². The molecule has 1 aromatic carbocycles. The summed E-state index contributed by atoms with van der Waals surface area (Å²) in [5, 5.41) is 11.2. The van der Waals surface area contributed by atoms with Gasteiger partial charge in [0.15, 0.2) is 0 Å². The third kappa shape index (κ3) is 2.57. The molecule has 0 heterocycles. The minimum atomic E-state index is -0.585. The standard InChI is InChI=1S/C13H18N4O3/c1-8(9-6-7-9)16(2)13(18)10-4-3-5-11(15-14)12(10)17(19)20/h3-5,8-9,15H,6-7,14H2,1-2H3. The van der Waals surface area contributed by atoms with Crippen molar-refractivity contribution in [2.24, 2.45) is 11.8 Å². The van der Waals surface area contributed by atoms with Crippen LogP contribution in [0.2, 0.25) is 0 Å². The smallest absolute Gasteiger partial charge is 0.306 e. The quantitative estimate of drug-likeness (QED) is 0.485. The van der Waals surface area contributed by atoms with Crippen LogP contribution in [0.15, 0.2) is 18.2 Å². The van der Waals surface area contributed by atoms with Crippen molar-refractivity contribution in [1.29, 1.82) is 0 Å². The van der Waals surface area contributed by atoms with Gasteiger partial charge in [0, 0.05) is 13.1 Å². The van der Waals surface area contributed by atoms with Gasteiger partial charge in [-0.15, -0.1) is 0 Å². The van der Waals surface area contributed by atoms with E-state index in [2.05, 4.69) is 5.43 Å². The minimum Gasteiger partial charge on any atom is -0.339 e. The number of nitro groups is 1. The molecule has 108 valence electrons. The van der Waals surface area contributed by atoms with Gasteiger partial charge in [0.2, 0.25) is 0 Å². The molecule has 2 rings (SSSR count). The molecule has 0 spiro atoms. The molecular formula is C13H18N4O3. The molecule has 7 heteroatoms. The van der Waals surface area contributed by atoms with Gasteiger partial charge in [-0.05, 0) is 37.8 Å². The van der Waals surface area contributed by atoms with Crippen molar-refractivity contribution in [2.75, 3.05) is 12.5 Å². The van der Waals surface area contributed by atoms with Crippen LogP contribution in [0.25, 0.3) is 0 Å². The number of amides is 1. The van der Waals surface area contributed by atoms with Crippen molar-refractivity contribution >= 4 is 17.3 Å². The average molecular weight is 278 g/mol. The fourth-order valence-electron chi connectivity index (χ4n) is 2.30. The lowest BCUT2D eigenvalue weighted by molar-refractivity contribution is -0.384. The van der Waals surface area contributed by atoms with Crippen molar-refractivity contribution in [1.82, 2.24) is 4.90 Å². The Bertz CT molecular complexity index is 542. The number of para-hydroxylation sites is 1. The van der Waals surface area contributed by atoms with E-state index >= 15 is 0 Å². The Morgan fingerprint density at radius 3 is 2.70 bits per heavy atom. The molecule has 3 N–H and O–H groups in total. The minimum absolute atomic E-state index is 0.0560. The molecule has 20 heavy (non-hydrogen) atoms. The summed E-state index contributed by atoms with van der Waals surface area (Å²) in [6, 6.07) is 4.58. The van der Waals surface area contributed by atoms with Crippen LogP contribution in [-0.4, -0.2) is 28.8 Å². The first kappa shape index (κ1) is 14.3. The van der Waals surface area contributed by atoms with Crippen molar-refractivity contribution in [3.63, 3.8) is 0 Å². The average Bonchev–Trinajstić information content (AvgIpc) is 3.28. The second-order valence-corrected chi connectivity index (χ2v) is 5.10. The Balaban J connectivity index is 2.35. The topological polar surface area (TPSA) is 102 Å². The molecule has 7 nitrogen and oxygen atoms in total. The van der Waals surface area contributed by atoms with E-state index in [0.29, 0.717) is 5.92 Å². The maximum absolute atomic E-state index is 12.5. The molecule has 1 aromatic rings. The lowest BCUT2D eigenvalue weighted by atomic mass is 10.1. The first-order chi connectivity index (χ1) is 9.47. The molecule has 1 aliphatic carbocycles. The number of rotatable bonds is 5. The first-order valence-electron chi connectivity index (χ1n) is 6.48. The van der Waals surface area contributed by atoms with E-state index in [1.807, 2.05) is 6.92 Å². The summed E-state index contributed by atoms with van der Waals surface area (Å²) in [4.78, 5) is 24.6. The Morgan fingerprint density at radius 1 is 1.55 bits per heavy atom. The lowest BCUT2D eigenvalue weighted by Gasteiger charge is -2.25. The highest BCUT2D eigenvalue weighted by atomic mass is 16.6. The molecule has 0 saturated heterocycles. The highest BCUT2D eigenvalue weighted by Gasteiger charge is 2.35. The second-order valence-electron chi connectivity index (χ2n) is 5.10. The SMILES string of the molecule is CC(C1CC1)N(C)C(=O)c1cccc(NN)c1[N+](=O)[O-]. The number of carbonyl (C=O) groups is 1. The summed E-state index contributed by atoms with van der Waals surface area (Å²) in [5.74, 6) is 5.42. The monoisotopic (exact) mass is 278 g/mol. The fourth-order valence-corrected chi connectivity index (χ4v) is 2.30. The van der Waals surface area contributed by atoms with E-state index in [4.69, 9.17) is 5.84 Å². The molecule has 0 radical (unpaired) electrons. The van der Waals surface area contributed by atoms with Crippen molar-refractivity contribution in [3.05, 3.63) is 33.9 Å². The molecule has 0 aromatic heterocycles. The van der Waals surface area contributed by atoms with E-state index in [0.717, 1.165) is 12.8 Å². The van der Waals surface area contributed by atoms with Crippen LogP contribution in [0.3, 0.4) is 0 Å². The summed E-state index contributed by atoms with van der Waals surface area (Å²) in [7, 11) is 1.68. The highest BCUT2D eigenvalue weighted by Crippen LogP contribution is 2.36. The zero-order valence-electron chi connectivity index (χ0n) is 11.5. The number of hydrogen-bond acceptors (Lipinski definition) is 5. The van der Waals surface area contributed by atoms with Crippen molar-refractivity contribution in [3.8, 4) is 0 Å². The maximum atomic E-state index is 12.5. The summed E-state index contributed by atoms with van der Waals surface area (Å²) < 4.78 is 0. The molecule has 1 amide bonds. The number of hydrazine groups is 1. The number of hydrogen-bond donors (Lipinski definition) is 2. The van der Waals surface area contributed by atoms with Gasteiger partial charge in [-0.1, -0.05) is 6.07 Å². The summed E-state index contributed by atoms with van der Waals surface area (Å²) in [5.41, 5.74) is 2.17. The molecule has 1 unspecified atom stereocenters. The zero-order chi connectivity index (χ0) is 14.9. The van der Waals surface area contributed by atoms with E-state index in [9.17, 15) is 14.9 Å². The number of nitrogens with one attached hydrogen (secondary N) is 1. The van der Waals surface area contributed by atoms with Gasteiger partial charge in [0.1, 0.15) is 11.3 Å². The van der Waals surface area contributed by atoms with Crippen LogP contribution in [0.5, 0.6) is 0 Å². The molecule has 1 saturated carbocycles. The largest absolute Gasteiger partial charge is 0.339 e. The van der Waals surface area contributed by atoms with Crippen LogP contribution >= 0.6 is 0 Å². The number of benzene rings is 1. The molecule has 0 bridgehead atoms. The van der Waals surface area contributed by atoms with E-state index in [1.54, 1.807) is 18.0 Å². The summed E-state index contributed by atoms with van der Waals surface area (Å²) >= 11 is 0. The number of anilines is 1. The Morgan fingerprint density at radius 2 is 2.20 bits per heavy atom. The zero-order valence-corrected chi connectivity index (χ0v) is 11.5. The predicted octanol–water partition coefficient (Wildman–Crippen LogP) is 1.75. The van der Waals surface area contributed by atoms with E-state index in [1.165, 1.54) is 12.1 Å².